The van der Waals surface area contributed by atoms with Crippen molar-refractivity contribution in [2.75, 3.05) is 6.61 Å². The van der Waals surface area contributed by atoms with Crippen LogP contribution < -0.4 is 5.32 Å². The van der Waals surface area contributed by atoms with Gasteiger partial charge in [0.15, 0.2) is 11.6 Å². The van der Waals surface area contributed by atoms with Crippen molar-refractivity contribution in [3.63, 3.8) is 0 Å². The predicted molar refractivity (Wildman–Crippen MR) is 84.1 cm³/mol. The molecule has 0 radical (unpaired) electrons. The summed E-state index contributed by atoms with van der Waals surface area (Å²) >= 11 is 0. The minimum Gasteiger partial charge on any atom is -0.465 e. The van der Waals surface area contributed by atoms with Gasteiger partial charge in [0, 0.05) is 19.4 Å². The third-order valence-electron chi connectivity index (χ3n) is 4.57. The van der Waals surface area contributed by atoms with Crippen LogP contribution in [0.15, 0.2) is 8.94 Å². The molecule has 2 aromatic heterocycles. The molecule has 3 heterocycles. The maximum atomic E-state index is 12.5. The summed E-state index contributed by atoms with van der Waals surface area (Å²) < 4.78 is 16.3. The molecule has 2 aromatic rings. The second kappa shape index (κ2) is 6.44. The number of fused-ring (bicyclic) bond motifs is 1. The zero-order chi connectivity index (χ0) is 17.4. The number of furan rings is 1. The van der Waals surface area contributed by atoms with Gasteiger partial charge in [0.25, 0.3) is 11.8 Å². The highest BCUT2D eigenvalue weighted by Gasteiger charge is 2.30. The number of Topliss-reactive ketones (excluding diaryl/α,β-unsaturated/α-hetero) is 1. The number of nitrogens with one attached hydrogen (secondary N) is 1. The van der Waals surface area contributed by atoms with Crippen LogP contribution in [-0.2, 0) is 17.7 Å². The van der Waals surface area contributed by atoms with E-state index in [1.165, 1.54) is 0 Å². The number of aromatic nitrogens is 2. The Labute approximate surface area is 143 Å². The summed E-state index contributed by atoms with van der Waals surface area (Å²) in [5, 5.41) is 6.61. The van der Waals surface area contributed by atoms with Crippen molar-refractivity contribution in [2.45, 2.75) is 51.7 Å². The molecular formula is C17H19N3O5. The quantitative estimate of drug-likeness (QED) is 0.905. The topological polar surface area (TPSA) is 107 Å². The van der Waals surface area contributed by atoms with Crippen LogP contribution >= 0.6 is 0 Å². The molecule has 8 nitrogen and oxygen atoms in total. The van der Waals surface area contributed by atoms with Crippen LogP contribution in [0.5, 0.6) is 0 Å². The monoisotopic (exact) mass is 345 g/mol. The number of carbonyl (C=O) groups is 2. The van der Waals surface area contributed by atoms with E-state index in [9.17, 15) is 9.59 Å². The first-order valence-corrected chi connectivity index (χ1v) is 8.51. The molecule has 0 unspecified atom stereocenters. The van der Waals surface area contributed by atoms with Crippen molar-refractivity contribution in [1.29, 1.82) is 0 Å². The molecule has 1 saturated heterocycles. The molecule has 4 rings (SSSR count). The van der Waals surface area contributed by atoms with Crippen LogP contribution in [0.3, 0.4) is 0 Å². The molecule has 1 aliphatic heterocycles. The molecule has 0 spiro atoms. The first-order chi connectivity index (χ1) is 12.1. The normalized spacial score (nSPS) is 19.9. The number of amides is 1. The molecule has 1 N–H and O–H groups in total. The summed E-state index contributed by atoms with van der Waals surface area (Å²) in [6.07, 6.45) is 3.56. The standard InChI is InChI=1S/C17H19N3O5/c1-9-14(15-10(21)4-2-5-11(15)24-9)16(22)18-8-13-19-17(25-20-13)12-6-3-7-23-12/h12H,2-8H2,1H3,(H,18,22)/t12-/m0/s1. The lowest BCUT2D eigenvalue weighted by atomic mass is 9.93. The van der Waals surface area contributed by atoms with Crippen LogP contribution in [0.25, 0.3) is 0 Å². The maximum Gasteiger partial charge on any atom is 0.255 e. The van der Waals surface area contributed by atoms with E-state index in [0.29, 0.717) is 53.8 Å². The van der Waals surface area contributed by atoms with Gasteiger partial charge in [-0.2, -0.15) is 4.98 Å². The van der Waals surface area contributed by atoms with E-state index in [1.54, 1.807) is 6.92 Å². The van der Waals surface area contributed by atoms with E-state index in [0.717, 1.165) is 19.3 Å². The Kier molecular flexibility index (Phi) is 4.12. The molecule has 25 heavy (non-hydrogen) atoms. The molecule has 0 bridgehead atoms. The molecule has 1 fully saturated rings. The summed E-state index contributed by atoms with van der Waals surface area (Å²) in [6.45, 7) is 2.51. The minimum absolute atomic E-state index is 0.0384. The van der Waals surface area contributed by atoms with Crippen molar-refractivity contribution in [3.8, 4) is 0 Å². The van der Waals surface area contributed by atoms with Gasteiger partial charge in [0.1, 0.15) is 17.6 Å². The summed E-state index contributed by atoms with van der Waals surface area (Å²) in [6, 6.07) is 0. The highest BCUT2D eigenvalue weighted by molar-refractivity contribution is 6.09. The van der Waals surface area contributed by atoms with Crippen molar-refractivity contribution >= 4 is 11.7 Å². The lowest BCUT2D eigenvalue weighted by molar-refractivity contribution is 0.0835. The van der Waals surface area contributed by atoms with Crippen LogP contribution in [0.2, 0.25) is 0 Å². The van der Waals surface area contributed by atoms with Crippen LogP contribution in [0, 0.1) is 6.92 Å². The molecular weight excluding hydrogens is 326 g/mol. The predicted octanol–water partition coefficient (Wildman–Crippen LogP) is 2.27. The van der Waals surface area contributed by atoms with Crippen molar-refractivity contribution in [1.82, 2.24) is 15.5 Å². The number of rotatable bonds is 4. The molecule has 1 aliphatic carbocycles. The van der Waals surface area contributed by atoms with Crippen molar-refractivity contribution < 1.29 is 23.3 Å². The van der Waals surface area contributed by atoms with Gasteiger partial charge in [-0.1, -0.05) is 5.16 Å². The third-order valence-corrected chi connectivity index (χ3v) is 4.57. The van der Waals surface area contributed by atoms with Gasteiger partial charge < -0.3 is 19.0 Å². The summed E-state index contributed by atoms with van der Waals surface area (Å²) in [7, 11) is 0. The van der Waals surface area contributed by atoms with Crippen molar-refractivity contribution in [2.24, 2.45) is 0 Å². The highest BCUT2D eigenvalue weighted by Crippen LogP contribution is 2.30. The lowest BCUT2D eigenvalue weighted by Crippen LogP contribution is -2.26. The van der Waals surface area contributed by atoms with Gasteiger partial charge in [0.05, 0.1) is 17.7 Å². The molecule has 1 atom stereocenters. The average molecular weight is 345 g/mol. The number of hydrogen-bond acceptors (Lipinski definition) is 7. The van der Waals surface area contributed by atoms with Gasteiger partial charge in [-0.15, -0.1) is 0 Å². The first-order valence-electron chi connectivity index (χ1n) is 8.51. The first kappa shape index (κ1) is 16.0. The number of hydrogen-bond donors (Lipinski definition) is 1. The Hall–Kier alpha value is -2.48. The van der Waals surface area contributed by atoms with Gasteiger partial charge in [-0.3, -0.25) is 9.59 Å². The molecule has 8 heteroatoms. The second-order valence-electron chi connectivity index (χ2n) is 6.34. The average Bonchev–Trinajstić information content (AvgIpc) is 3.31. The zero-order valence-electron chi connectivity index (χ0n) is 14.0. The Morgan fingerprint density at radius 1 is 1.32 bits per heavy atom. The van der Waals surface area contributed by atoms with Gasteiger partial charge in [-0.05, 0) is 26.2 Å². The van der Waals surface area contributed by atoms with Gasteiger partial charge in [0.2, 0.25) is 0 Å². The van der Waals surface area contributed by atoms with Crippen molar-refractivity contribution in [3.05, 3.63) is 34.4 Å². The Morgan fingerprint density at radius 3 is 3.00 bits per heavy atom. The number of aryl methyl sites for hydroxylation is 2. The highest BCUT2D eigenvalue weighted by atomic mass is 16.5. The van der Waals surface area contributed by atoms with E-state index in [4.69, 9.17) is 13.7 Å². The fraction of sp³-hybridized carbons (Fsp3) is 0.529. The van der Waals surface area contributed by atoms with E-state index in [1.807, 2.05) is 0 Å². The number of nitrogens with zero attached hydrogens (tertiary/aromatic N) is 2. The van der Waals surface area contributed by atoms with E-state index < -0.39 is 0 Å². The molecule has 0 aromatic carbocycles. The Morgan fingerprint density at radius 2 is 2.20 bits per heavy atom. The molecule has 132 valence electrons. The fourth-order valence-electron chi connectivity index (χ4n) is 3.37. The Balaban J connectivity index is 1.46. The molecule has 0 saturated carbocycles. The van der Waals surface area contributed by atoms with Gasteiger partial charge in [-0.25, -0.2) is 0 Å². The smallest absolute Gasteiger partial charge is 0.255 e. The second-order valence-corrected chi connectivity index (χ2v) is 6.34. The molecule has 1 amide bonds. The SMILES string of the molecule is Cc1oc2c(c1C(=O)NCc1noc([C@@H]3CCCO3)n1)C(=O)CCC2. The lowest BCUT2D eigenvalue weighted by Gasteiger charge is -2.09. The zero-order valence-corrected chi connectivity index (χ0v) is 14.0. The van der Waals surface area contributed by atoms with E-state index >= 15 is 0 Å². The third kappa shape index (κ3) is 2.97. The summed E-state index contributed by atoms with van der Waals surface area (Å²) in [5.74, 6) is 1.49. The molecule has 2 aliphatic rings. The largest absolute Gasteiger partial charge is 0.465 e. The van der Waals surface area contributed by atoms with E-state index in [-0.39, 0.29) is 24.3 Å². The number of carbonyl (C=O) groups excluding carboxylic acids is 2. The minimum atomic E-state index is -0.360. The summed E-state index contributed by atoms with van der Waals surface area (Å²) in [4.78, 5) is 29.0. The maximum absolute atomic E-state index is 12.5. The van der Waals surface area contributed by atoms with E-state index in [2.05, 4.69) is 15.5 Å². The number of ether oxygens (including phenoxy) is 1. The fourth-order valence-corrected chi connectivity index (χ4v) is 3.37. The number of ketones is 1. The Bertz CT molecular complexity index is 816. The van der Waals surface area contributed by atoms with Crippen LogP contribution in [0.4, 0.5) is 0 Å². The summed E-state index contributed by atoms with van der Waals surface area (Å²) in [5.41, 5.74) is 0.747. The van der Waals surface area contributed by atoms with Crippen LogP contribution in [-0.4, -0.2) is 28.4 Å². The van der Waals surface area contributed by atoms with Gasteiger partial charge >= 0.3 is 0 Å². The van der Waals surface area contributed by atoms with Crippen LogP contribution in [0.1, 0.15) is 75.7 Å².